The van der Waals surface area contributed by atoms with Crippen LogP contribution in [0, 0.1) is 0 Å². The zero-order valence-electron chi connectivity index (χ0n) is 16.7. The van der Waals surface area contributed by atoms with Crippen molar-refractivity contribution in [2.75, 3.05) is 13.2 Å². The van der Waals surface area contributed by atoms with Gasteiger partial charge in [-0.2, -0.15) is 0 Å². The Kier molecular flexibility index (Phi) is 20.1. The molecule has 0 bridgehead atoms. The third-order valence-electron chi connectivity index (χ3n) is 3.92. The Labute approximate surface area is 161 Å². The largest absolute Gasteiger partial charge is 0.395 e. The van der Waals surface area contributed by atoms with Crippen LogP contribution < -0.4 is 5.32 Å². The molecule has 148 valence electrons. The predicted octanol–water partition coefficient (Wildman–Crippen LogP) is 5.63. The van der Waals surface area contributed by atoms with E-state index in [1.165, 1.54) is 19.3 Å². The van der Waals surface area contributed by atoms with Crippen LogP contribution in [0.1, 0.15) is 77.6 Å². The molecule has 0 aliphatic rings. The summed E-state index contributed by atoms with van der Waals surface area (Å²) in [6.07, 6.45) is 29.4. The topological polar surface area (TPSA) is 49.3 Å². The maximum atomic E-state index is 11.3. The van der Waals surface area contributed by atoms with E-state index >= 15 is 0 Å². The van der Waals surface area contributed by atoms with Gasteiger partial charge in [0.25, 0.3) is 0 Å². The van der Waals surface area contributed by atoms with Crippen molar-refractivity contribution in [2.45, 2.75) is 77.6 Å². The lowest BCUT2D eigenvalue weighted by Gasteiger charge is -2.02. The van der Waals surface area contributed by atoms with Crippen molar-refractivity contribution >= 4 is 5.91 Å². The molecule has 0 aliphatic heterocycles. The van der Waals surface area contributed by atoms with Crippen molar-refractivity contribution in [1.29, 1.82) is 0 Å². The lowest BCUT2D eigenvalue weighted by molar-refractivity contribution is -0.121. The van der Waals surface area contributed by atoms with Gasteiger partial charge >= 0.3 is 0 Å². The van der Waals surface area contributed by atoms with Crippen LogP contribution in [-0.4, -0.2) is 24.2 Å². The van der Waals surface area contributed by atoms with Gasteiger partial charge in [-0.05, 0) is 44.9 Å². The molecule has 0 rings (SSSR count). The van der Waals surface area contributed by atoms with E-state index in [1.54, 1.807) is 0 Å². The highest BCUT2D eigenvalue weighted by Crippen LogP contribution is 2.04. The standard InChI is InChI=1S/C23H39NO2/c1-2-3-4-5-6-7-8-9-10-11-12-13-14-15-16-17-18-19-20-23(26)24-21-22-25/h5-6,8-9,11-12,14-15,25H,2-4,7,10,13,16-22H2,1H3,(H,24,26)/b6-5-,9-8-,12-11-,15-14-. The number of hydrogen-bond acceptors (Lipinski definition) is 2. The molecule has 3 nitrogen and oxygen atoms in total. The quantitative estimate of drug-likeness (QED) is 0.260. The van der Waals surface area contributed by atoms with Crippen molar-refractivity contribution in [2.24, 2.45) is 0 Å². The van der Waals surface area contributed by atoms with Gasteiger partial charge in [0, 0.05) is 13.0 Å². The van der Waals surface area contributed by atoms with Gasteiger partial charge in [-0.25, -0.2) is 0 Å². The molecular weight excluding hydrogens is 322 g/mol. The van der Waals surface area contributed by atoms with Crippen molar-refractivity contribution in [1.82, 2.24) is 5.32 Å². The molecule has 0 saturated heterocycles. The normalized spacial score (nSPS) is 12.2. The predicted molar refractivity (Wildman–Crippen MR) is 113 cm³/mol. The summed E-state index contributed by atoms with van der Waals surface area (Å²) in [4.78, 5) is 11.3. The molecule has 0 radical (unpaired) electrons. The van der Waals surface area contributed by atoms with Gasteiger partial charge in [0.1, 0.15) is 0 Å². The van der Waals surface area contributed by atoms with Crippen molar-refractivity contribution in [3.05, 3.63) is 48.6 Å². The maximum absolute atomic E-state index is 11.3. The molecule has 3 heteroatoms. The molecule has 0 heterocycles. The van der Waals surface area contributed by atoms with Crippen LogP contribution in [0.25, 0.3) is 0 Å². The first-order valence-corrected chi connectivity index (χ1v) is 10.3. The minimum absolute atomic E-state index is 0.0116. The fraction of sp³-hybridized carbons (Fsp3) is 0.609. The van der Waals surface area contributed by atoms with Crippen LogP contribution in [0.2, 0.25) is 0 Å². The molecule has 0 atom stereocenters. The molecule has 2 N–H and O–H groups in total. The van der Waals surface area contributed by atoms with Crippen molar-refractivity contribution in [3.8, 4) is 0 Å². The average molecular weight is 362 g/mol. The molecule has 26 heavy (non-hydrogen) atoms. The smallest absolute Gasteiger partial charge is 0.220 e. The number of aliphatic hydroxyl groups is 1. The van der Waals surface area contributed by atoms with Gasteiger partial charge in [-0.1, -0.05) is 74.8 Å². The monoisotopic (exact) mass is 361 g/mol. The van der Waals surface area contributed by atoms with E-state index < -0.39 is 0 Å². The summed E-state index contributed by atoms with van der Waals surface area (Å²) in [6, 6.07) is 0. The summed E-state index contributed by atoms with van der Waals surface area (Å²) < 4.78 is 0. The van der Waals surface area contributed by atoms with Crippen LogP contribution in [0.15, 0.2) is 48.6 Å². The first-order chi connectivity index (χ1) is 12.8. The molecule has 0 saturated carbocycles. The number of carbonyl (C=O) groups is 1. The van der Waals surface area contributed by atoms with E-state index in [-0.39, 0.29) is 12.5 Å². The minimum Gasteiger partial charge on any atom is -0.395 e. The van der Waals surface area contributed by atoms with E-state index in [0.29, 0.717) is 13.0 Å². The maximum Gasteiger partial charge on any atom is 0.220 e. The van der Waals surface area contributed by atoms with Gasteiger partial charge in [-0.3, -0.25) is 4.79 Å². The third-order valence-corrected chi connectivity index (χ3v) is 3.92. The summed E-state index contributed by atoms with van der Waals surface area (Å²) in [5.41, 5.74) is 0. The number of carbonyl (C=O) groups excluding carboxylic acids is 1. The summed E-state index contributed by atoms with van der Waals surface area (Å²) in [5, 5.41) is 11.3. The first kappa shape index (κ1) is 24.4. The van der Waals surface area contributed by atoms with Crippen molar-refractivity contribution in [3.63, 3.8) is 0 Å². The van der Waals surface area contributed by atoms with Gasteiger partial charge < -0.3 is 10.4 Å². The Bertz CT molecular complexity index is 422. The summed E-state index contributed by atoms with van der Waals surface area (Å²) >= 11 is 0. The number of unbranched alkanes of at least 4 members (excludes halogenated alkanes) is 5. The molecule has 0 fully saturated rings. The fourth-order valence-electron chi connectivity index (χ4n) is 2.38. The molecule has 1 amide bonds. The van der Waals surface area contributed by atoms with Crippen LogP contribution in [0.5, 0.6) is 0 Å². The summed E-state index contributed by atoms with van der Waals surface area (Å²) in [5.74, 6) is 0.0429. The van der Waals surface area contributed by atoms with E-state index in [1.807, 2.05) is 0 Å². The summed E-state index contributed by atoms with van der Waals surface area (Å²) in [7, 11) is 0. The number of rotatable bonds is 17. The molecule has 0 aromatic rings. The first-order valence-electron chi connectivity index (χ1n) is 10.3. The van der Waals surface area contributed by atoms with E-state index in [9.17, 15) is 4.79 Å². The van der Waals surface area contributed by atoms with Crippen LogP contribution in [-0.2, 0) is 4.79 Å². The Morgan fingerprint density at radius 1 is 0.769 bits per heavy atom. The average Bonchev–Trinajstić information content (AvgIpc) is 2.65. The Morgan fingerprint density at radius 3 is 1.85 bits per heavy atom. The number of hydrogen-bond donors (Lipinski definition) is 2. The number of aliphatic hydroxyl groups excluding tert-OH is 1. The highest BCUT2D eigenvalue weighted by Gasteiger charge is 1.98. The minimum atomic E-state index is 0.0116. The second-order valence-electron chi connectivity index (χ2n) is 6.41. The van der Waals surface area contributed by atoms with E-state index in [4.69, 9.17) is 5.11 Å². The lowest BCUT2D eigenvalue weighted by atomic mass is 10.1. The van der Waals surface area contributed by atoms with Gasteiger partial charge in [0.2, 0.25) is 5.91 Å². The van der Waals surface area contributed by atoms with Crippen molar-refractivity contribution < 1.29 is 9.90 Å². The lowest BCUT2D eigenvalue weighted by Crippen LogP contribution is -2.25. The van der Waals surface area contributed by atoms with E-state index in [0.717, 1.165) is 44.9 Å². The number of nitrogens with one attached hydrogen (secondary N) is 1. The number of allylic oxidation sites excluding steroid dienone is 8. The molecule has 0 unspecified atom stereocenters. The van der Waals surface area contributed by atoms with Gasteiger partial charge in [-0.15, -0.1) is 0 Å². The highest BCUT2D eigenvalue weighted by atomic mass is 16.3. The van der Waals surface area contributed by atoms with E-state index in [2.05, 4.69) is 60.8 Å². The molecule has 0 aliphatic carbocycles. The highest BCUT2D eigenvalue weighted by molar-refractivity contribution is 5.75. The summed E-state index contributed by atoms with van der Waals surface area (Å²) in [6.45, 7) is 2.60. The molecule has 0 aromatic heterocycles. The zero-order valence-corrected chi connectivity index (χ0v) is 16.7. The van der Waals surface area contributed by atoms with Gasteiger partial charge in [0.05, 0.1) is 6.61 Å². The zero-order chi connectivity index (χ0) is 19.1. The van der Waals surface area contributed by atoms with Crippen LogP contribution in [0.3, 0.4) is 0 Å². The Hall–Kier alpha value is -1.61. The Morgan fingerprint density at radius 2 is 1.31 bits per heavy atom. The SMILES string of the molecule is CCCC/C=C\C/C=C\C/C=C\C/C=C\CCCCCC(=O)NCCO. The van der Waals surface area contributed by atoms with Crippen LogP contribution in [0.4, 0.5) is 0 Å². The molecule has 0 spiro atoms. The van der Waals surface area contributed by atoms with Gasteiger partial charge in [0.15, 0.2) is 0 Å². The second kappa shape index (κ2) is 21.4. The Balaban J connectivity index is 3.40. The fourth-order valence-corrected chi connectivity index (χ4v) is 2.38. The third kappa shape index (κ3) is 20.4. The number of amides is 1. The van der Waals surface area contributed by atoms with Crippen LogP contribution >= 0.6 is 0 Å². The molecule has 0 aromatic carbocycles. The molecular formula is C23H39NO2. The second-order valence-corrected chi connectivity index (χ2v) is 6.41.